The minimum absolute atomic E-state index is 0.415. The van der Waals surface area contributed by atoms with Crippen molar-refractivity contribution in [3.8, 4) is 5.75 Å². The predicted octanol–water partition coefficient (Wildman–Crippen LogP) is 3.22. The van der Waals surface area contributed by atoms with Gasteiger partial charge in [-0.25, -0.2) is 0 Å². The lowest BCUT2D eigenvalue weighted by molar-refractivity contribution is 0.342. The molecule has 0 saturated carbocycles. The molecule has 1 atom stereocenters. The molecule has 1 unspecified atom stereocenters. The second kappa shape index (κ2) is 6.73. The standard InChI is InChI=1S/C14H14BrNO2S/c15-11-1-5-13(6-2-11)18-9-10-19(17)14-7-3-12(16)4-8-14/h1-8H,9-10,16H2. The Morgan fingerprint density at radius 2 is 1.68 bits per heavy atom. The second-order valence-corrected chi connectivity index (χ2v) is 6.41. The number of rotatable bonds is 5. The van der Waals surface area contributed by atoms with E-state index in [1.54, 1.807) is 24.3 Å². The lowest BCUT2D eigenvalue weighted by Crippen LogP contribution is -2.08. The summed E-state index contributed by atoms with van der Waals surface area (Å²) in [6.45, 7) is 0.415. The number of nitrogen functional groups attached to an aromatic ring is 1. The number of nitrogens with two attached hydrogens (primary N) is 1. The number of ether oxygens (including phenoxy) is 1. The Kier molecular flexibility index (Phi) is 4.99. The van der Waals surface area contributed by atoms with Gasteiger partial charge in [0.15, 0.2) is 0 Å². The van der Waals surface area contributed by atoms with Crippen LogP contribution >= 0.6 is 15.9 Å². The molecule has 0 aliphatic carbocycles. The summed E-state index contributed by atoms with van der Waals surface area (Å²) in [6.07, 6.45) is 0. The SMILES string of the molecule is Nc1ccc(S(=O)CCOc2ccc(Br)cc2)cc1. The smallest absolute Gasteiger partial charge is 0.119 e. The zero-order valence-electron chi connectivity index (χ0n) is 10.2. The van der Waals surface area contributed by atoms with Gasteiger partial charge in [0, 0.05) is 15.1 Å². The fourth-order valence-corrected chi connectivity index (χ4v) is 2.68. The largest absolute Gasteiger partial charge is 0.493 e. The molecule has 0 spiro atoms. The molecule has 0 aromatic heterocycles. The Bertz CT molecular complexity index is 555. The van der Waals surface area contributed by atoms with E-state index in [1.807, 2.05) is 24.3 Å². The highest BCUT2D eigenvalue weighted by atomic mass is 79.9. The van der Waals surface area contributed by atoms with Crippen LogP contribution in [-0.2, 0) is 10.8 Å². The van der Waals surface area contributed by atoms with Crippen LogP contribution in [0.1, 0.15) is 0 Å². The van der Waals surface area contributed by atoms with Crippen molar-refractivity contribution < 1.29 is 8.95 Å². The van der Waals surface area contributed by atoms with Gasteiger partial charge in [0.1, 0.15) is 12.4 Å². The monoisotopic (exact) mass is 339 g/mol. The van der Waals surface area contributed by atoms with Gasteiger partial charge in [-0.05, 0) is 48.5 Å². The van der Waals surface area contributed by atoms with Gasteiger partial charge in [0.05, 0.1) is 16.6 Å². The van der Waals surface area contributed by atoms with Gasteiger partial charge in [-0.2, -0.15) is 0 Å². The fraction of sp³-hybridized carbons (Fsp3) is 0.143. The van der Waals surface area contributed by atoms with Crippen LogP contribution in [-0.4, -0.2) is 16.6 Å². The minimum atomic E-state index is -1.06. The summed E-state index contributed by atoms with van der Waals surface area (Å²) in [5.41, 5.74) is 6.26. The van der Waals surface area contributed by atoms with Gasteiger partial charge in [0.2, 0.25) is 0 Å². The average Bonchev–Trinajstić information content (AvgIpc) is 2.41. The second-order valence-electron chi connectivity index (χ2n) is 3.92. The molecule has 3 nitrogen and oxygen atoms in total. The van der Waals surface area contributed by atoms with Crippen molar-refractivity contribution in [3.63, 3.8) is 0 Å². The summed E-state index contributed by atoms with van der Waals surface area (Å²) in [7, 11) is -1.06. The zero-order valence-corrected chi connectivity index (χ0v) is 12.6. The van der Waals surface area contributed by atoms with E-state index in [4.69, 9.17) is 10.5 Å². The van der Waals surface area contributed by atoms with Gasteiger partial charge in [-0.3, -0.25) is 4.21 Å². The van der Waals surface area contributed by atoms with Crippen molar-refractivity contribution in [2.24, 2.45) is 0 Å². The summed E-state index contributed by atoms with van der Waals surface area (Å²) in [4.78, 5) is 0.772. The Hall–Kier alpha value is -1.33. The third-order valence-corrected chi connectivity index (χ3v) is 4.36. The summed E-state index contributed by atoms with van der Waals surface area (Å²) in [5.74, 6) is 1.23. The van der Waals surface area contributed by atoms with Crippen molar-refractivity contribution in [1.29, 1.82) is 0 Å². The van der Waals surface area contributed by atoms with E-state index >= 15 is 0 Å². The first kappa shape index (κ1) is 14.1. The molecule has 0 radical (unpaired) electrons. The van der Waals surface area contributed by atoms with Crippen LogP contribution in [0.3, 0.4) is 0 Å². The fourth-order valence-electron chi connectivity index (χ4n) is 1.50. The number of hydrogen-bond acceptors (Lipinski definition) is 3. The van der Waals surface area contributed by atoms with Gasteiger partial charge < -0.3 is 10.5 Å². The first-order valence-corrected chi connectivity index (χ1v) is 7.88. The average molecular weight is 340 g/mol. The van der Waals surface area contributed by atoms with E-state index in [-0.39, 0.29) is 0 Å². The molecule has 2 N–H and O–H groups in total. The molecule has 0 aliphatic rings. The van der Waals surface area contributed by atoms with Gasteiger partial charge >= 0.3 is 0 Å². The van der Waals surface area contributed by atoms with E-state index in [2.05, 4.69) is 15.9 Å². The topological polar surface area (TPSA) is 52.3 Å². The predicted molar refractivity (Wildman–Crippen MR) is 81.8 cm³/mol. The molecule has 0 heterocycles. The van der Waals surface area contributed by atoms with Crippen LogP contribution in [0.5, 0.6) is 5.75 Å². The first-order chi connectivity index (χ1) is 9.15. The maximum atomic E-state index is 12.0. The number of benzene rings is 2. The summed E-state index contributed by atoms with van der Waals surface area (Å²) >= 11 is 3.36. The molecule has 0 aliphatic heterocycles. The van der Waals surface area contributed by atoms with Gasteiger partial charge in [-0.15, -0.1) is 0 Å². The van der Waals surface area contributed by atoms with Crippen molar-refractivity contribution in [2.45, 2.75) is 4.90 Å². The molecule has 2 aromatic carbocycles. The van der Waals surface area contributed by atoms with Crippen LogP contribution in [0.2, 0.25) is 0 Å². The molecule has 0 amide bonds. The Balaban J connectivity index is 1.84. The third-order valence-electron chi connectivity index (χ3n) is 2.49. The van der Waals surface area contributed by atoms with E-state index < -0.39 is 10.8 Å². The van der Waals surface area contributed by atoms with Crippen molar-refractivity contribution in [1.82, 2.24) is 0 Å². The van der Waals surface area contributed by atoms with Crippen LogP contribution in [0.4, 0.5) is 5.69 Å². The summed E-state index contributed by atoms with van der Waals surface area (Å²) in [5, 5.41) is 0. The van der Waals surface area contributed by atoms with Crippen molar-refractivity contribution in [2.75, 3.05) is 18.1 Å². The lowest BCUT2D eigenvalue weighted by atomic mass is 10.3. The Labute approximate surface area is 123 Å². The summed E-state index contributed by atoms with van der Waals surface area (Å²) in [6, 6.07) is 14.6. The molecule has 0 bridgehead atoms. The molecule has 5 heteroatoms. The van der Waals surface area contributed by atoms with E-state index in [1.165, 1.54) is 0 Å². The van der Waals surface area contributed by atoms with E-state index in [0.29, 0.717) is 18.0 Å². The normalized spacial score (nSPS) is 12.1. The molecule has 19 heavy (non-hydrogen) atoms. The first-order valence-electron chi connectivity index (χ1n) is 5.77. The van der Waals surface area contributed by atoms with Crippen LogP contribution < -0.4 is 10.5 Å². The number of anilines is 1. The Morgan fingerprint density at radius 3 is 2.32 bits per heavy atom. The van der Waals surface area contributed by atoms with Crippen LogP contribution in [0, 0.1) is 0 Å². The zero-order chi connectivity index (χ0) is 13.7. The lowest BCUT2D eigenvalue weighted by Gasteiger charge is -2.06. The van der Waals surface area contributed by atoms with E-state index in [9.17, 15) is 4.21 Å². The molecular formula is C14H14BrNO2S. The third kappa shape index (κ3) is 4.36. The highest BCUT2D eigenvalue weighted by molar-refractivity contribution is 9.10. The molecular weight excluding hydrogens is 326 g/mol. The molecule has 2 aromatic rings. The van der Waals surface area contributed by atoms with Crippen LogP contribution in [0.25, 0.3) is 0 Å². The summed E-state index contributed by atoms with van der Waals surface area (Å²) < 4.78 is 18.5. The Morgan fingerprint density at radius 1 is 1.05 bits per heavy atom. The van der Waals surface area contributed by atoms with Crippen LogP contribution in [0.15, 0.2) is 57.9 Å². The van der Waals surface area contributed by atoms with Gasteiger partial charge in [0.25, 0.3) is 0 Å². The quantitative estimate of drug-likeness (QED) is 0.851. The number of hydrogen-bond donors (Lipinski definition) is 1. The molecule has 0 saturated heterocycles. The van der Waals surface area contributed by atoms with Crippen molar-refractivity contribution in [3.05, 3.63) is 53.0 Å². The highest BCUT2D eigenvalue weighted by Crippen LogP contribution is 2.16. The minimum Gasteiger partial charge on any atom is -0.493 e. The van der Waals surface area contributed by atoms with Crippen molar-refractivity contribution >= 4 is 32.4 Å². The maximum Gasteiger partial charge on any atom is 0.119 e. The van der Waals surface area contributed by atoms with E-state index in [0.717, 1.165) is 15.1 Å². The molecule has 0 fully saturated rings. The maximum absolute atomic E-state index is 12.0. The molecule has 2 rings (SSSR count). The van der Waals surface area contributed by atoms with Gasteiger partial charge in [-0.1, -0.05) is 15.9 Å². The molecule has 100 valence electrons. The highest BCUT2D eigenvalue weighted by Gasteiger charge is 2.04. The number of halogens is 1.